The fourth-order valence-corrected chi connectivity index (χ4v) is 0.995. The highest BCUT2D eigenvalue weighted by Crippen LogP contribution is 1.82. The van der Waals surface area contributed by atoms with Crippen LogP contribution in [0, 0.1) is 0 Å². The van der Waals surface area contributed by atoms with E-state index in [1.165, 1.54) is 6.21 Å². The van der Waals surface area contributed by atoms with Gasteiger partial charge in [-0.25, -0.2) is 0 Å². The van der Waals surface area contributed by atoms with Crippen molar-refractivity contribution in [1.29, 1.82) is 0 Å². The summed E-state index contributed by atoms with van der Waals surface area (Å²) < 4.78 is 1.82. The maximum Gasteiger partial charge on any atom is 0.155 e. The highest BCUT2D eigenvalue weighted by Gasteiger charge is 1.89. The van der Waals surface area contributed by atoms with Crippen molar-refractivity contribution < 1.29 is 5.11 Å². The average molecular weight is 191 g/mol. The van der Waals surface area contributed by atoms with Gasteiger partial charge in [0.15, 0.2) is 5.49 Å². The molecule has 0 aromatic carbocycles. The van der Waals surface area contributed by atoms with E-state index in [2.05, 4.69) is 16.8 Å². The standard InChI is InChI=1S/C10H13N3O/c1-2-6-11-12-10-5-3-4-7-13(10)8-9-14/h2-7,14H,1,8-9H2/b11-6-,12-10+. The van der Waals surface area contributed by atoms with Gasteiger partial charge in [0.1, 0.15) is 0 Å². The minimum absolute atomic E-state index is 0.0857. The maximum atomic E-state index is 8.80. The van der Waals surface area contributed by atoms with Gasteiger partial charge in [0.25, 0.3) is 0 Å². The molecule has 1 aromatic rings. The molecule has 4 nitrogen and oxygen atoms in total. The molecule has 0 atom stereocenters. The zero-order valence-electron chi connectivity index (χ0n) is 7.87. The molecule has 0 saturated carbocycles. The molecule has 1 rings (SSSR count). The Balaban J connectivity index is 2.99. The Labute approximate surface area is 82.6 Å². The molecule has 0 aliphatic rings. The number of allylic oxidation sites excluding steroid dienone is 1. The van der Waals surface area contributed by atoms with Crippen LogP contribution >= 0.6 is 0 Å². The second-order valence-electron chi connectivity index (χ2n) is 2.58. The molecular weight excluding hydrogens is 178 g/mol. The van der Waals surface area contributed by atoms with E-state index in [1.54, 1.807) is 6.08 Å². The van der Waals surface area contributed by atoms with Crippen LogP contribution in [0.15, 0.2) is 47.3 Å². The Bertz CT molecular complexity index is 379. The summed E-state index contributed by atoms with van der Waals surface area (Å²) in [5.74, 6) is 0. The lowest BCUT2D eigenvalue weighted by atomic mass is 10.4. The van der Waals surface area contributed by atoms with Gasteiger partial charge in [0.2, 0.25) is 0 Å². The summed E-state index contributed by atoms with van der Waals surface area (Å²) >= 11 is 0. The minimum atomic E-state index is 0.0857. The van der Waals surface area contributed by atoms with Crippen molar-refractivity contribution in [2.24, 2.45) is 10.2 Å². The predicted octanol–water partition coefficient (Wildman–Crippen LogP) is 0.553. The molecule has 0 unspecified atom stereocenters. The second-order valence-corrected chi connectivity index (χ2v) is 2.58. The van der Waals surface area contributed by atoms with Crippen molar-refractivity contribution in [1.82, 2.24) is 4.57 Å². The lowest BCUT2D eigenvalue weighted by Crippen LogP contribution is -2.20. The smallest absolute Gasteiger partial charge is 0.155 e. The number of aliphatic hydroxyl groups is 1. The Morgan fingerprint density at radius 1 is 1.50 bits per heavy atom. The van der Waals surface area contributed by atoms with Gasteiger partial charge in [0.05, 0.1) is 6.61 Å². The molecule has 0 aliphatic carbocycles. The van der Waals surface area contributed by atoms with E-state index >= 15 is 0 Å². The van der Waals surface area contributed by atoms with Crippen LogP contribution in [0.2, 0.25) is 0 Å². The van der Waals surface area contributed by atoms with E-state index < -0.39 is 0 Å². The number of hydrogen-bond acceptors (Lipinski definition) is 3. The number of nitrogens with zero attached hydrogens (tertiary/aromatic N) is 3. The average Bonchev–Trinajstić information content (AvgIpc) is 2.21. The van der Waals surface area contributed by atoms with Crippen LogP contribution in [-0.4, -0.2) is 22.5 Å². The quantitative estimate of drug-likeness (QED) is 0.548. The first kappa shape index (κ1) is 10.4. The molecule has 0 radical (unpaired) electrons. The Morgan fingerprint density at radius 2 is 2.36 bits per heavy atom. The molecule has 1 aromatic heterocycles. The zero-order chi connectivity index (χ0) is 10.2. The summed E-state index contributed by atoms with van der Waals surface area (Å²) in [6.07, 6.45) is 4.91. The molecule has 74 valence electrons. The van der Waals surface area contributed by atoms with Crippen molar-refractivity contribution in [3.05, 3.63) is 42.5 Å². The third-order valence-electron chi connectivity index (χ3n) is 1.59. The van der Waals surface area contributed by atoms with Gasteiger partial charge in [-0.05, 0) is 18.2 Å². The highest BCUT2D eigenvalue weighted by atomic mass is 16.3. The Morgan fingerprint density at radius 3 is 3.07 bits per heavy atom. The first-order valence-electron chi connectivity index (χ1n) is 4.33. The molecule has 1 heterocycles. The summed E-state index contributed by atoms with van der Waals surface area (Å²) in [5.41, 5.74) is 0.708. The fourth-order valence-electron chi connectivity index (χ4n) is 0.995. The normalized spacial score (nSPS) is 12.2. The number of pyridine rings is 1. The van der Waals surface area contributed by atoms with Gasteiger partial charge in [-0.2, -0.15) is 5.10 Å². The van der Waals surface area contributed by atoms with Gasteiger partial charge in [-0.3, -0.25) is 0 Å². The molecular formula is C10H13N3O. The van der Waals surface area contributed by atoms with Crippen LogP contribution in [0.1, 0.15) is 0 Å². The summed E-state index contributed by atoms with van der Waals surface area (Å²) in [4.78, 5) is 0. The molecule has 0 saturated heterocycles. The van der Waals surface area contributed by atoms with Gasteiger partial charge in [-0.15, -0.1) is 5.10 Å². The van der Waals surface area contributed by atoms with E-state index in [4.69, 9.17) is 5.11 Å². The van der Waals surface area contributed by atoms with Crippen molar-refractivity contribution in [3.63, 3.8) is 0 Å². The first-order chi connectivity index (χ1) is 6.88. The first-order valence-corrected chi connectivity index (χ1v) is 4.33. The highest BCUT2D eigenvalue weighted by molar-refractivity contribution is 5.69. The summed E-state index contributed by atoms with van der Waals surface area (Å²) in [6, 6.07) is 5.58. The third-order valence-corrected chi connectivity index (χ3v) is 1.59. The van der Waals surface area contributed by atoms with Crippen LogP contribution in [-0.2, 0) is 6.54 Å². The number of aliphatic hydroxyl groups excluding tert-OH is 1. The minimum Gasteiger partial charge on any atom is -0.395 e. The number of hydrogen-bond donors (Lipinski definition) is 1. The molecule has 0 spiro atoms. The topological polar surface area (TPSA) is 49.9 Å². The molecule has 14 heavy (non-hydrogen) atoms. The molecule has 0 aliphatic heterocycles. The largest absolute Gasteiger partial charge is 0.395 e. The van der Waals surface area contributed by atoms with Crippen LogP contribution in [0.4, 0.5) is 0 Å². The number of rotatable bonds is 4. The van der Waals surface area contributed by atoms with E-state index in [0.717, 1.165) is 0 Å². The van der Waals surface area contributed by atoms with Gasteiger partial charge in [0, 0.05) is 19.0 Å². The summed E-state index contributed by atoms with van der Waals surface area (Å²) in [5, 5.41) is 16.5. The van der Waals surface area contributed by atoms with Crippen molar-refractivity contribution in [2.45, 2.75) is 6.54 Å². The molecule has 0 fully saturated rings. The number of aromatic nitrogens is 1. The predicted molar refractivity (Wildman–Crippen MR) is 55.8 cm³/mol. The van der Waals surface area contributed by atoms with Crippen LogP contribution < -0.4 is 5.49 Å². The lowest BCUT2D eigenvalue weighted by Gasteiger charge is -2.02. The van der Waals surface area contributed by atoms with Gasteiger partial charge < -0.3 is 9.67 Å². The van der Waals surface area contributed by atoms with E-state index in [9.17, 15) is 0 Å². The maximum absolute atomic E-state index is 8.80. The van der Waals surface area contributed by atoms with Crippen LogP contribution in [0.5, 0.6) is 0 Å². The van der Waals surface area contributed by atoms with Gasteiger partial charge >= 0.3 is 0 Å². The second kappa shape index (κ2) is 5.88. The Hall–Kier alpha value is -1.68. The van der Waals surface area contributed by atoms with Crippen molar-refractivity contribution >= 4 is 6.21 Å². The van der Waals surface area contributed by atoms with E-state index in [0.29, 0.717) is 12.0 Å². The summed E-state index contributed by atoms with van der Waals surface area (Å²) in [7, 11) is 0. The zero-order valence-corrected chi connectivity index (χ0v) is 7.87. The SMILES string of the molecule is C=C/C=N\N=c1/ccccn1CCO. The molecule has 0 bridgehead atoms. The Kier molecular flexibility index (Phi) is 4.37. The van der Waals surface area contributed by atoms with Crippen LogP contribution in [0.3, 0.4) is 0 Å². The summed E-state index contributed by atoms with van der Waals surface area (Å²) in [6.45, 7) is 4.10. The molecule has 0 amide bonds. The molecule has 1 N–H and O–H groups in total. The lowest BCUT2D eigenvalue weighted by molar-refractivity contribution is 0.273. The van der Waals surface area contributed by atoms with Crippen LogP contribution in [0.25, 0.3) is 0 Å². The third kappa shape index (κ3) is 2.99. The molecule has 4 heteroatoms. The van der Waals surface area contributed by atoms with Crippen molar-refractivity contribution in [3.8, 4) is 0 Å². The van der Waals surface area contributed by atoms with E-state index in [-0.39, 0.29) is 6.61 Å². The van der Waals surface area contributed by atoms with E-state index in [1.807, 2.05) is 29.0 Å². The van der Waals surface area contributed by atoms with Crippen molar-refractivity contribution in [2.75, 3.05) is 6.61 Å². The van der Waals surface area contributed by atoms with Gasteiger partial charge in [-0.1, -0.05) is 12.6 Å². The fraction of sp³-hybridized carbons (Fsp3) is 0.200. The monoisotopic (exact) mass is 191 g/mol.